The molecule has 0 spiro atoms. The van der Waals surface area contributed by atoms with Gasteiger partial charge >= 0.3 is 0 Å². The van der Waals surface area contributed by atoms with Crippen LogP contribution in [0.15, 0.2) is 97.1 Å². The van der Waals surface area contributed by atoms with E-state index in [0.717, 1.165) is 44.9 Å². The van der Waals surface area contributed by atoms with E-state index in [4.69, 9.17) is 5.10 Å². The van der Waals surface area contributed by atoms with Gasteiger partial charge in [-0.1, -0.05) is 84.4 Å². The Bertz CT molecular complexity index is 1520. The van der Waals surface area contributed by atoms with Crippen LogP contribution in [0.25, 0.3) is 28.1 Å². The zero-order chi connectivity index (χ0) is 25.2. The third-order valence-electron chi connectivity index (χ3n) is 6.39. The molecule has 0 aliphatic rings. The van der Waals surface area contributed by atoms with Crippen molar-refractivity contribution in [1.29, 1.82) is 0 Å². The number of anilines is 1. The van der Waals surface area contributed by atoms with Crippen molar-refractivity contribution in [2.75, 3.05) is 5.32 Å². The van der Waals surface area contributed by atoms with Crippen molar-refractivity contribution < 1.29 is 4.79 Å². The minimum absolute atomic E-state index is 0.224. The summed E-state index contributed by atoms with van der Waals surface area (Å²) in [5.41, 5.74) is 10.7. The molecule has 1 N–H and O–H groups in total. The zero-order valence-electron chi connectivity index (χ0n) is 21.0. The lowest BCUT2D eigenvalue weighted by molar-refractivity contribution is 0.102. The molecule has 1 aromatic heterocycles. The Morgan fingerprint density at radius 3 is 1.97 bits per heavy atom. The number of hydrogen-bond acceptors (Lipinski definition) is 2. The predicted molar refractivity (Wildman–Crippen MR) is 148 cm³/mol. The van der Waals surface area contributed by atoms with Crippen molar-refractivity contribution in [2.45, 2.75) is 27.7 Å². The number of carbonyl (C=O) groups excluding carboxylic acids is 1. The Morgan fingerprint density at radius 1 is 0.667 bits per heavy atom. The van der Waals surface area contributed by atoms with Crippen molar-refractivity contribution >= 4 is 11.6 Å². The molecule has 4 heteroatoms. The normalized spacial score (nSPS) is 10.9. The van der Waals surface area contributed by atoms with Crippen molar-refractivity contribution in [1.82, 2.24) is 9.78 Å². The second-order valence-corrected chi connectivity index (χ2v) is 9.34. The smallest absolute Gasteiger partial charge is 0.276 e. The first kappa shape index (κ1) is 23.3. The van der Waals surface area contributed by atoms with Crippen LogP contribution in [0.4, 0.5) is 5.69 Å². The van der Waals surface area contributed by atoms with E-state index in [1.54, 1.807) is 0 Å². The molecule has 0 unspecified atom stereocenters. The van der Waals surface area contributed by atoms with Crippen LogP contribution < -0.4 is 5.32 Å². The van der Waals surface area contributed by atoms with Crippen molar-refractivity contribution in [2.24, 2.45) is 0 Å². The molecule has 0 bridgehead atoms. The second-order valence-electron chi connectivity index (χ2n) is 9.34. The van der Waals surface area contributed by atoms with Gasteiger partial charge < -0.3 is 5.32 Å². The first-order chi connectivity index (χ1) is 17.4. The molecule has 5 rings (SSSR count). The van der Waals surface area contributed by atoms with Gasteiger partial charge in [0.2, 0.25) is 0 Å². The number of hydrogen-bond donors (Lipinski definition) is 1. The van der Waals surface area contributed by atoms with E-state index in [1.165, 1.54) is 11.1 Å². The number of aryl methyl sites for hydroxylation is 4. The number of nitrogens with one attached hydrogen (secondary N) is 1. The highest BCUT2D eigenvalue weighted by Gasteiger charge is 2.18. The summed E-state index contributed by atoms with van der Waals surface area (Å²) in [7, 11) is 0. The topological polar surface area (TPSA) is 46.9 Å². The highest BCUT2D eigenvalue weighted by atomic mass is 16.2. The Balaban J connectivity index is 1.55. The van der Waals surface area contributed by atoms with Crippen molar-refractivity contribution in [3.63, 3.8) is 0 Å². The van der Waals surface area contributed by atoms with E-state index in [9.17, 15) is 4.79 Å². The molecular weight excluding hydrogens is 442 g/mol. The molecule has 178 valence electrons. The molecule has 0 saturated carbocycles. The summed E-state index contributed by atoms with van der Waals surface area (Å²) < 4.78 is 1.86. The van der Waals surface area contributed by atoms with Gasteiger partial charge in [-0.2, -0.15) is 5.10 Å². The molecule has 1 amide bonds. The van der Waals surface area contributed by atoms with Gasteiger partial charge in [0.05, 0.1) is 11.4 Å². The summed E-state index contributed by atoms with van der Waals surface area (Å²) in [4.78, 5) is 13.4. The van der Waals surface area contributed by atoms with Crippen LogP contribution in [0.2, 0.25) is 0 Å². The fourth-order valence-corrected chi connectivity index (χ4v) is 4.67. The predicted octanol–water partition coefficient (Wildman–Crippen LogP) is 7.69. The van der Waals surface area contributed by atoms with Gasteiger partial charge in [0, 0.05) is 11.3 Å². The first-order valence-corrected chi connectivity index (χ1v) is 12.1. The van der Waals surface area contributed by atoms with E-state index in [-0.39, 0.29) is 5.91 Å². The average Bonchev–Trinajstić information content (AvgIpc) is 3.32. The maximum atomic E-state index is 13.4. The highest BCUT2D eigenvalue weighted by molar-refractivity contribution is 6.04. The van der Waals surface area contributed by atoms with Crippen LogP contribution in [0.3, 0.4) is 0 Å². The first-order valence-electron chi connectivity index (χ1n) is 12.1. The van der Waals surface area contributed by atoms with E-state index in [0.29, 0.717) is 5.69 Å². The van der Waals surface area contributed by atoms with Crippen LogP contribution in [0.1, 0.15) is 32.7 Å². The Hall–Kier alpha value is -4.44. The molecule has 0 saturated heterocycles. The van der Waals surface area contributed by atoms with Crippen LogP contribution >= 0.6 is 0 Å². The maximum absolute atomic E-state index is 13.4. The molecule has 0 radical (unpaired) electrons. The summed E-state index contributed by atoms with van der Waals surface area (Å²) in [6.45, 7) is 8.14. The van der Waals surface area contributed by atoms with Crippen molar-refractivity contribution in [3.05, 3.63) is 125 Å². The summed E-state index contributed by atoms with van der Waals surface area (Å²) >= 11 is 0. The average molecular weight is 472 g/mol. The van der Waals surface area contributed by atoms with Crippen LogP contribution in [0, 0.1) is 27.7 Å². The van der Waals surface area contributed by atoms with Gasteiger partial charge in [0.15, 0.2) is 5.69 Å². The molecule has 0 aliphatic heterocycles. The summed E-state index contributed by atoms with van der Waals surface area (Å²) in [6, 6.07) is 32.9. The van der Waals surface area contributed by atoms with Gasteiger partial charge in [-0.25, -0.2) is 4.68 Å². The van der Waals surface area contributed by atoms with Crippen LogP contribution in [0.5, 0.6) is 0 Å². The molecule has 5 aromatic rings. The van der Waals surface area contributed by atoms with E-state index >= 15 is 0 Å². The van der Waals surface area contributed by atoms with Gasteiger partial charge in [-0.05, 0) is 73.7 Å². The minimum Gasteiger partial charge on any atom is -0.320 e. The maximum Gasteiger partial charge on any atom is 0.276 e. The highest BCUT2D eigenvalue weighted by Crippen LogP contribution is 2.29. The lowest BCUT2D eigenvalue weighted by Gasteiger charge is -2.12. The molecule has 0 aliphatic carbocycles. The third-order valence-corrected chi connectivity index (χ3v) is 6.39. The van der Waals surface area contributed by atoms with Gasteiger partial charge in [-0.15, -0.1) is 0 Å². The zero-order valence-corrected chi connectivity index (χ0v) is 21.0. The van der Waals surface area contributed by atoms with Crippen LogP contribution in [-0.2, 0) is 0 Å². The van der Waals surface area contributed by atoms with E-state index in [2.05, 4.69) is 79.8 Å². The Labute approximate surface area is 212 Å². The number of benzene rings is 4. The molecule has 1 heterocycles. The van der Waals surface area contributed by atoms with Crippen LogP contribution in [-0.4, -0.2) is 15.7 Å². The number of nitrogens with zero attached hydrogens (tertiary/aromatic N) is 2. The minimum atomic E-state index is -0.224. The Kier molecular flexibility index (Phi) is 6.26. The molecule has 0 fully saturated rings. The Morgan fingerprint density at radius 2 is 1.31 bits per heavy atom. The summed E-state index contributed by atoms with van der Waals surface area (Å²) in [5, 5.41) is 7.85. The second kappa shape index (κ2) is 9.67. The summed E-state index contributed by atoms with van der Waals surface area (Å²) in [5.74, 6) is -0.224. The lowest BCUT2D eigenvalue weighted by atomic mass is 10.0. The third kappa shape index (κ3) is 4.71. The molecule has 0 atom stereocenters. The quantitative estimate of drug-likeness (QED) is 0.286. The number of carbonyl (C=O) groups is 1. The molecular formula is C32H29N3O. The fraction of sp³-hybridized carbons (Fsp3) is 0.125. The van der Waals surface area contributed by atoms with Crippen molar-refractivity contribution in [3.8, 4) is 28.1 Å². The van der Waals surface area contributed by atoms with Gasteiger partial charge in [0.1, 0.15) is 0 Å². The van der Waals surface area contributed by atoms with E-state index in [1.807, 2.05) is 54.9 Å². The van der Waals surface area contributed by atoms with E-state index < -0.39 is 0 Å². The number of rotatable bonds is 5. The monoisotopic (exact) mass is 471 g/mol. The fourth-order valence-electron chi connectivity index (χ4n) is 4.67. The molecule has 36 heavy (non-hydrogen) atoms. The largest absolute Gasteiger partial charge is 0.320 e. The standard InChI is InChI=1S/C32H29N3O/c1-21-9-8-12-28(19-21)35-30(27-15-13-26(14-16-27)25-10-6-5-7-11-25)20-29(34-35)32(36)33-31-23(3)17-22(2)18-24(31)4/h5-20H,1-4H3,(H,33,36). The SMILES string of the molecule is Cc1cccc(-n2nc(C(=O)Nc3c(C)cc(C)cc3C)cc2-c2ccc(-c3ccccc3)cc2)c1. The molecule has 4 aromatic carbocycles. The number of aromatic nitrogens is 2. The van der Waals surface area contributed by atoms with Gasteiger partial charge in [0.25, 0.3) is 5.91 Å². The molecule has 4 nitrogen and oxygen atoms in total. The lowest BCUT2D eigenvalue weighted by Crippen LogP contribution is -2.15. The summed E-state index contributed by atoms with van der Waals surface area (Å²) in [6.07, 6.45) is 0. The number of amides is 1. The van der Waals surface area contributed by atoms with Gasteiger partial charge in [-0.3, -0.25) is 4.79 Å².